The first-order valence-electron chi connectivity index (χ1n) is 7.93. The maximum Gasteiger partial charge on any atom is 0.270 e. The molecule has 1 aromatic carbocycles. The Bertz CT molecular complexity index is 580. The van der Waals surface area contributed by atoms with Gasteiger partial charge in [0.25, 0.3) is 5.69 Å². The number of rotatable bonds is 6. The average Bonchev–Trinajstić information content (AvgIpc) is 2.55. The molecule has 0 radical (unpaired) electrons. The molecule has 1 saturated carbocycles. The van der Waals surface area contributed by atoms with E-state index in [9.17, 15) is 14.9 Å². The summed E-state index contributed by atoms with van der Waals surface area (Å²) in [6, 6.07) is 4.46. The zero-order valence-corrected chi connectivity index (χ0v) is 15.8. The molecule has 134 valence electrons. The van der Waals surface area contributed by atoms with E-state index in [-0.39, 0.29) is 36.5 Å². The summed E-state index contributed by atoms with van der Waals surface area (Å²) in [5.74, 6) is 0.360. The van der Waals surface area contributed by atoms with Crippen molar-refractivity contribution in [3.8, 4) is 0 Å². The van der Waals surface area contributed by atoms with Crippen LogP contribution in [0.15, 0.2) is 22.7 Å². The maximum atomic E-state index is 12.3. The van der Waals surface area contributed by atoms with E-state index >= 15 is 0 Å². The Hall–Kier alpha value is -1.18. The van der Waals surface area contributed by atoms with E-state index in [1.54, 1.807) is 6.07 Å². The molecule has 1 aliphatic carbocycles. The lowest BCUT2D eigenvalue weighted by molar-refractivity contribution is -0.384. The van der Waals surface area contributed by atoms with Crippen molar-refractivity contribution < 1.29 is 9.72 Å². The first-order valence-corrected chi connectivity index (χ1v) is 8.73. The van der Waals surface area contributed by atoms with Crippen molar-refractivity contribution in [3.63, 3.8) is 0 Å². The predicted octanol–water partition coefficient (Wildman–Crippen LogP) is 3.35. The Morgan fingerprint density at radius 2 is 2.04 bits per heavy atom. The third-order valence-corrected chi connectivity index (χ3v) is 5.16. The maximum absolute atomic E-state index is 12.3. The minimum absolute atomic E-state index is 0. The fourth-order valence-corrected chi connectivity index (χ4v) is 3.64. The Morgan fingerprint density at radius 1 is 1.38 bits per heavy atom. The van der Waals surface area contributed by atoms with Gasteiger partial charge < -0.3 is 11.1 Å². The van der Waals surface area contributed by atoms with E-state index in [1.807, 2.05) is 0 Å². The highest BCUT2D eigenvalue weighted by Crippen LogP contribution is 2.27. The van der Waals surface area contributed by atoms with Crippen LogP contribution in [-0.4, -0.2) is 23.4 Å². The number of nitro benzene ring substituents is 1. The summed E-state index contributed by atoms with van der Waals surface area (Å²) in [5.41, 5.74) is 6.56. The van der Waals surface area contributed by atoms with Crippen molar-refractivity contribution in [2.24, 2.45) is 11.7 Å². The van der Waals surface area contributed by atoms with Gasteiger partial charge >= 0.3 is 0 Å². The fourth-order valence-electron chi connectivity index (χ4n) is 3.13. The quantitative estimate of drug-likeness (QED) is 0.544. The van der Waals surface area contributed by atoms with Gasteiger partial charge in [-0.3, -0.25) is 14.9 Å². The third-order valence-electron chi connectivity index (χ3n) is 4.42. The molecule has 0 heterocycles. The van der Waals surface area contributed by atoms with Crippen LogP contribution >= 0.6 is 28.3 Å². The lowest BCUT2D eigenvalue weighted by Crippen LogP contribution is -2.46. The second-order valence-corrected chi connectivity index (χ2v) is 6.87. The summed E-state index contributed by atoms with van der Waals surface area (Å²) < 4.78 is 0.573. The van der Waals surface area contributed by atoms with E-state index < -0.39 is 4.92 Å². The number of amides is 1. The lowest BCUT2D eigenvalue weighted by atomic mass is 9.84. The number of benzene rings is 1. The molecule has 1 aliphatic rings. The molecule has 0 aromatic heterocycles. The van der Waals surface area contributed by atoms with E-state index in [2.05, 4.69) is 21.2 Å². The zero-order valence-electron chi connectivity index (χ0n) is 13.4. The number of hydrogen-bond donors (Lipinski definition) is 2. The summed E-state index contributed by atoms with van der Waals surface area (Å²) >= 11 is 3.29. The SMILES string of the molecule is Cl.NCC(NC(=O)Cc1ccc([N+](=O)[O-])cc1Br)C1CCCCC1. The molecule has 0 saturated heterocycles. The van der Waals surface area contributed by atoms with E-state index in [1.165, 1.54) is 31.4 Å². The topological polar surface area (TPSA) is 98.3 Å². The average molecular weight is 421 g/mol. The van der Waals surface area contributed by atoms with Crippen LogP contribution in [0.4, 0.5) is 5.69 Å². The number of carbonyl (C=O) groups is 1. The molecule has 24 heavy (non-hydrogen) atoms. The number of hydrogen-bond acceptors (Lipinski definition) is 4. The molecule has 2 rings (SSSR count). The van der Waals surface area contributed by atoms with Gasteiger partial charge in [-0.2, -0.15) is 0 Å². The molecule has 3 N–H and O–H groups in total. The van der Waals surface area contributed by atoms with Gasteiger partial charge in [0, 0.05) is 29.2 Å². The minimum atomic E-state index is -0.456. The smallest absolute Gasteiger partial charge is 0.270 e. The van der Waals surface area contributed by atoms with Gasteiger partial charge in [0.1, 0.15) is 0 Å². The highest BCUT2D eigenvalue weighted by atomic mass is 79.9. The first-order chi connectivity index (χ1) is 11.0. The second-order valence-electron chi connectivity index (χ2n) is 6.02. The number of halogens is 2. The number of nitrogens with zero attached hydrogens (tertiary/aromatic N) is 1. The van der Waals surface area contributed by atoms with Gasteiger partial charge in [-0.25, -0.2) is 0 Å². The molecule has 1 amide bonds. The van der Waals surface area contributed by atoms with Gasteiger partial charge in [-0.1, -0.05) is 41.3 Å². The van der Waals surface area contributed by atoms with Gasteiger partial charge in [0.05, 0.1) is 11.3 Å². The summed E-state index contributed by atoms with van der Waals surface area (Å²) in [6.07, 6.45) is 6.07. The van der Waals surface area contributed by atoms with Crippen LogP contribution in [0.1, 0.15) is 37.7 Å². The number of carbonyl (C=O) groups excluding carboxylic acids is 1. The third kappa shape index (κ3) is 5.72. The molecule has 1 fully saturated rings. The molecule has 1 aromatic rings. The Balaban J connectivity index is 0.00000288. The Morgan fingerprint density at radius 3 is 2.58 bits per heavy atom. The van der Waals surface area contributed by atoms with Gasteiger partial charge in [0.2, 0.25) is 5.91 Å². The Labute approximate surface area is 156 Å². The predicted molar refractivity (Wildman–Crippen MR) is 99.3 cm³/mol. The molecular weight excluding hydrogens is 398 g/mol. The van der Waals surface area contributed by atoms with Crippen molar-refractivity contribution in [2.75, 3.05) is 6.54 Å². The first kappa shape index (κ1) is 20.9. The number of non-ortho nitro benzene ring substituents is 1. The van der Waals surface area contributed by atoms with E-state index in [0.717, 1.165) is 18.4 Å². The molecular formula is C16H23BrClN3O3. The molecule has 1 unspecified atom stereocenters. The van der Waals surface area contributed by atoms with Crippen molar-refractivity contribution in [1.29, 1.82) is 0 Å². The van der Waals surface area contributed by atoms with Crippen LogP contribution in [-0.2, 0) is 11.2 Å². The molecule has 0 aliphatic heterocycles. The van der Waals surface area contributed by atoms with Crippen molar-refractivity contribution in [3.05, 3.63) is 38.3 Å². The van der Waals surface area contributed by atoms with Crippen LogP contribution in [0.5, 0.6) is 0 Å². The summed E-state index contributed by atoms with van der Waals surface area (Å²) in [4.78, 5) is 22.6. The van der Waals surface area contributed by atoms with Crippen LogP contribution in [0.2, 0.25) is 0 Å². The summed E-state index contributed by atoms with van der Waals surface area (Å²) in [5, 5.41) is 13.8. The van der Waals surface area contributed by atoms with Crippen molar-refractivity contribution in [2.45, 2.75) is 44.6 Å². The summed E-state index contributed by atoms with van der Waals surface area (Å²) in [6.45, 7) is 0.442. The highest BCUT2D eigenvalue weighted by Gasteiger charge is 2.24. The van der Waals surface area contributed by atoms with Gasteiger partial charge in [0.15, 0.2) is 0 Å². The monoisotopic (exact) mass is 419 g/mol. The summed E-state index contributed by atoms with van der Waals surface area (Å²) in [7, 11) is 0. The number of nitrogens with two attached hydrogens (primary N) is 1. The van der Waals surface area contributed by atoms with Crippen LogP contribution in [0.25, 0.3) is 0 Å². The normalized spacial score (nSPS) is 16.1. The van der Waals surface area contributed by atoms with Crippen molar-refractivity contribution >= 4 is 39.9 Å². The molecule has 0 bridgehead atoms. The fraction of sp³-hybridized carbons (Fsp3) is 0.562. The largest absolute Gasteiger partial charge is 0.352 e. The van der Waals surface area contributed by atoms with E-state index in [4.69, 9.17) is 5.73 Å². The number of nitrogens with one attached hydrogen (secondary N) is 1. The van der Waals surface area contributed by atoms with Crippen LogP contribution in [0, 0.1) is 16.0 Å². The molecule has 8 heteroatoms. The lowest BCUT2D eigenvalue weighted by Gasteiger charge is -2.30. The number of nitro groups is 1. The highest BCUT2D eigenvalue weighted by molar-refractivity contribution is 9.10. The molecule has 0 spiro atoms. The standard InChI is InChI=1S/C16H22BrN3O3.ClH/c17-14-9-13(20(22)23)7-6-12(14)8-16(21)19-15(10-18)11-4-2-1-3-5-11;/h6-7,9,11,15H,1-5,8,10,18H2,(H,19,21);1H. The van der Waals surface area contributed by atoms with Crippen molar-refractivity contribution in [1.82, 2.24) is 5.32 Å². The van der Waals surface area contributed by atoms with Gasteiger partial charge in [-0.05, 0) is 24.3 Å². The van der Waals surface area contributed by atoms with Gasteiger partial charge in [-0.15, -0.1) is 12.4 Å². The van der Waals surface area contributed by atoms with Crippen LogP contribution < -0.4 is 11.1 Å². The zero-order chi connectivity index (χ0) is 16.8. The molecule has 1 atom stereocenters. The minimum Gasteiger partial charge on any atom is -0.352 e. The van der Waals surface area contributed by atoms with E-state index in [0.29, 0.717) is 16.9 Å². The second kappa shape index (κ2) is 9.96. The van der Waals surface area contributed by atoms with Crippen LogP contribution in [0.3, 0.4) is 0 Å². The molecule has 6 nitrogen and oxygen atoms in total. The Kier molecular flexibility index (Phi) is 8.66.